The molecule has 16 heavy (non-hydrogen) atoms. The number of nitrogens with one attached hydrogen (secondary N) is 1. The van der Waals surface area contributed by atoms with Crippen molar-refractivity contribution in [2.75, 3.05) is 19.6 Å². The first-order valence-corrected chi connectivity index (χ1v) is 6.22. The fraction of sp³-hybridized carbons (Fsp3) is 0.750. The lowest BCUT2D eigenvalue weighted by Crippen LogP contribution is -2.42. The summed E-state index contributed by atoms with van der Waals surface area (Å²) in [6.07, 6.45) is 6.63. The van der Waals surface area contributed by atoms with Gasteiger partial charge in [0.2, 0.25) is 0 Å². The first-order valence-electron chi connectivity index (χ1n) is 6.22. The Morgan fingerprint density at radius 1 is 1.50 bits per heavy atom. The van der Waals surface area contributed by atoms with E-state index in [2.05, 4.69) is 28.4 Å². The summed E-state index contributed by atoms with van der Waals surface area (Å²) in [6, 6.07) is 0.742. The van der Waals surface area contributed by atoms with Gasteiger partial charge in [-0.1, -0.05) is 6.92 Å². The van der Waals surface area contributed by atoms with Crippen LogP contribution in [0.25, 0.3) is 0 Å². The molecule has 0 bridgehead atoms. The van der Waals surface area contributed by atoms with Crippen LogP contribution in [0, 0.1) is 0 Å². The van der Waals surface area contributed by atoms with Gasteiger partial charge < -0.3 is 5.32 Å². The minimum Gasteiger partial charge on any atom is -0.317 e. The first kappa shape index (κ1) is 11.6. The van der Waals surface area contributed by atoms with Crippen LogP contribution < -0.4 is 5.32 Å². The molecule has 0 atom stereocenters. The smallest absolute Gasteiger partial charge is 0.0534 e. The molecule has 1 aliphatic rings. The normalized spacial score (nSPS) is 18.2. The monoisotopic (exact) mass is 222 g/mol. The van der Waals surface area contributed by atoms with Gasteiger partial charge in [-0.25, -0.2) is 0 Å². The van der Waals surface area contributed by atoms with Crippen LogP contribution in [-0.2, 0) is 13.6 Å². The molecule has 1 N–H and O–H groups in total. The van der Waals surface area contributed by atoms with Gasteiger partial charge in [-0.15, -0.1) is 0 Å². The van der Waals surface area contributed by atoms with Gasteiger partial charge in [-0.3, -0.25) is 9.58 Å². The van der Waals surface area contributed by atoms with Crippen LogP contribution in [-0.4, -0.2) is 40.4 Å². The van der Waals surface area contributed by atoms with Crippen molar-refractivity contribution >= 4 is 0 Å². The van der Waals surface area contributed by atoms with E-state index >= 15 is 0 Å². The van der Waals surface area contributed by atoms with E-state index in [0.717, 1.165) is 32.2 Å². The quantitative estimate of drug-likeness (QED) is 0.825. The highest BCUT2D eigenvalue weighted by Crippen LogP contribution is 2.14. The third-order valence-corrected chi connectivity index (χ3v) is 3.38. The Balaban J connectivity index is 1.94. The van der Waals surface area contributed by atoms with Crippen molar-refractivity contribution in [3.05, 3.63) is 18.0 Å². The fourth-order valence-electron chi connectivity index (χ4n) is 2.46. The lowest BCUT2D eigenvalue weighted by molar-refractivity contribution is 0.162. The number of aryl methyl sites for hydroxylation is 1. The average molecular weight is 222 g/mol. The highest BCUT2D eigenvalue weighted by molar-refractivity contribution is 5.03. The van der Waals surface area contributed by atoms with Crippen molar-refractivity contribution in [1.29, 1.82) is 0 Å². The second-order valence-corrected chi connectivity index (χ2v) is 4.57. The predicted molar refractivity (Wildman–Crippen MR) is 65.2 cm³/mol. The topological polar surface area (TPSA) is 33.1 Å². The standard InChI is InChI=1S/C12H22N4/c1-3-16(12-4-6-13-7-5-12)10-11-8-14-15(2)9-11/h8-9,12-13H,3-7,10H2,1-2H3. The highest BCUT2D eigenvalue weighted by Gasteiger charge is 2.19. The molecule has 1 aromatic rings. The zero-order valence-electron chi connectivity index (χ0n) is 10.3. The van der Waals surface area contributed by atoms with E-state index in [1.54, 1.807) is 0 Å². The maximum atomic E-state index is 4.23. The number of piperidine rings is 1. The van der Waals surface area contributed by atoms with Gasteiger partial charge in [0, 0.05) is 31.4 Å². The molecule has 4 heteroatoms. The highest BCUT2D eigenvalue weighted by atomic mass is 15.2. The molecule has 1 aromatic heterocycles. The molecule has 0 saturated carbocycles. The Bertz CT molecular complexity index is 315. The summed E-state index contributed by atoms with van der Waals surface area (Å²) in [4.78, 5) is 2.57. The number of hydrogen-bond donors (Lipinski definition) is 1. The van der Waals surface area contributed by atoms with E-state index in [9.17, 15) is 0 Å². The van der Waals surface area contributed by atoms with E-state index in [1.807, 2.05) is 17.9 Å². The average Bonchev–Trinajstić information content (AvgIpc) is 2.73. The van der Waals surface area contributed by atoms with Gasteiger partial charge in [0.05, 0.1) is 6.20 Å². The number of rotatable bonds is 4. The van der Waals surface area contributed by atoms with Crippen LogP contribution in [0.4, 0.5) is 0 Å². The summed E-state index contributed by atoms with van der Waals surface area (Å²) in [7, 11) is 1.98. The summed E-state index contributed by atoms with van der Waals surface area (Å²) in [5.41, 5.74) is 1.32. The molecular weight excluding hydrogens is 200 g/mol. The summed E-state index contributed by atoms with van der Waals surface area (Å²) in [5.74, 6) is 0. The Morgan fingerprint density at radius 2 is 2.25 bits per heavy atom. The van der Waals surface area contributed by atoms with E-state index < -0.39 is 0 Å². The first-order chi connectivity index (χ1) is 7.79. The van der Waals surface area contributed by atoms with E-state index in [1.165, 1.54) is 18.4 Å². The SMILES string of the molecule is CCN(Cc1cnn(C)c1)C1CCNCC1. The van der Waals surface area contributed by atoms with Crippen LogP contribution in [0.3, 0.4) is 0 Å². The molecule has 90 valence electrons. The largest absolute Gasteiger partial charge is 0.317 e. The molecule has 0 radical (unpaired) electrons. The van der Waals surface area contributed by atoms with Crippen molar-refractivity contribution in [1.82, 2.24) is 20.0 Å². The van der Waals surface area contributed by atoms with Crippen molar-refractivity contribution in [3.63, 3.8) is 0 Å². The Kier molecular flexibility index (Phi) is 3.96. The lowest BCUT2D eigenvalue weighted by Gasteiger charge is -2.33. The van der Waals surface area contributed by atoms with Gasteiger partial charge >= 0.3 is 0 Å². The van der Waals surface area contributed by atoms with Gasteiger partial charge in [0.1, 0.15) is 0 Å². The van der Waals surface area contributed by atoms with E-state index in [0.29, 0.717) is 0 Å². The molecule has 0 spiro atoms. The third-order valence-electron chi connectivity index (χ3n) is 3.38. The van der Waals surface area contributed by atoms with Crippen molar-refractivity contribution in [2.24, 2.45) is 7.05 Å². The molecule has 0 aliphatic carbocycles. The fourth-order valence-corrected chi connectivity index (χ4v) is 2.46. The minimum atomic E-state index is 0.742. The molecule has 4 nitrogen and oxygen atoms in total. The van der Waals surface area contributed by atoms with Gasteiger partial charge in [-0.2, -0.15) is 5.10 Å². The molecule has 0 amide bonds. The number of nitrogens with zero attached hydrogens (tertiary/aromatic N) is 3. The molecular formula is C12H22N4. The molecule has 1 aliphatic heterocycles. The Hall–Kier alpha value is -0.870. The zero-order valence-corrected chi connectivity index (χ0v) is 10.3. The molecule has 2 heterocycles. The summed E-state index contributed by atoms with van der Waals surface area (Å²) in [5, 5.41) is 7.65. The second kappa shape index (κ2) is 5.46. The van der Waals surface area contributed by atoms with Crippen LogP contribution in [0.2, 0.25) is 0 Å². The lowest BCUT2D eigenvalue weighted by atomic mass is 10.0. The minimum absolute atomic E-state index is 0.742. The summed E-state index contributed by atoms with van der Waals surface area (Å²) < 4.78 is 1.88. The molecule has 1 saturated heterocycles. The zero-order chi connectivity index (χ0) is 11.4. The molecule has 2 rings (SSSR count). The van der Waals surface area contributed by atoms with Crippen molar-refractivity contribution in [2.45, 2.75) is 32.4 Å². The maximum Gasteiger partial charge on any atom is 0.0534 e. The van der Waals surface area contributed by atoms with Crippen LogP contribution in [0.1, 0.15) is 25.3 Å². The Morgan fingerprint density at radius 3 is 2.81 bits per heavy atom. The van der Waals surface area contributed by atoms with Crippen LogP contribution in [0.15, 0.2) is 12.4 Å². The molecule has 0 unspecified atom stereocenters. The third kappa shape index (κ3) is 2.83. The molecule has 1 fully saturated rings. The summed E-state index contributed by atoms with van der Waals surface area (Å²) >= 11 is 0. The molecule has 0 aromatic carbocycles. The van der Waals surface area contributed by atoms with Crippen LogP contribution >= 0.6 is 0 Å². The van der Waals surface area contributed by atoms with Crippen molar-refractivity contribution in [3.8, 4) is 0 Å². The van der Waals surface area contributed by atoms with E-state index in [4.69, 9.17) is 0 Å². The maximum absolute atomic E-state index is 4.23. The van der Waals surface area contributed by atoms with E-state index in [-0.39, 0.29) is 0 Å². The Labute approximate surface area is 97.6 Å². The number of aromatic nitrogens is 2. The van der Waals surface area contributed by atoms with Gasteiger partial charge in [-0.05, 0) is 32.5 Å². The van der Waals surface area contributed by atoms with Gasteiger partial charge in [0.25, 0.3) is 0 Å². The van der Waals surface area contributed by atoms with Gasteiger partial charge in [0.15, 0.2) is 0 Å². The van der Waals surface area contributed by atoms with Crippen molar-refractivity contribution < 1.29 is 0 Å². The van der Waals surface area contributed by atoms with Crippen LogP contribution in [0.5, 0.6) is 0 Å². The summed E-state index contributed by atoms with van der Waals surface area (Å²) in [6.45, 7) is 6.73. The predicted octanol–water partition coefficient (Wildman–Crippen LogP) is 0.994. The second-order valence-electron chi connectivity index (χ2n) is 4.57. The number of hydrogen-bond acceptors (Lipinski definition) is 3.